The summed E-state index contributed by atoms with van der Waals surface area (Å²) in [5.74, 6) is 0.00996. The minimum atomic E-state index is -0.373. The van der Waals surface area contributed by atoms with Crippen LogP contribution in [0, 0.1) is 13.8 Å². The molecule has 1 aromatic heterocycles. The summed E-state index contributed by atoms with van der Waals surface area (Å²) in [6.07, 6.45) is 0. The molecule has 0 spiro atoms. The van der Waals surface area contributed by atoms with Crippen LogP contribution in [-0.2, 0) is 11.3 Å². The molecular weight excluding hydrogens is 385 g/mol. The zero-order valence-corrected chi connectivity index (χ0v) is 16.3. The van der Waals surface area contributed by atoms with Gasteiger partial charge in [0.25, 0.3) is 5.56 Å². The molecular formula is C20H17Cl2N3O2. The summed E-state index contributed by atoms with van der Waals surface area (Å²) in [5, 5.41) is 3.73. The van der Waals surface area contributed by atoms with Crippen LogP contribution in [0.5, 0.6) is 0 Å². The Hall–Kier alpha value is -2.63. The van der Waals surface area contributed by atoms with Crippen LogP contribution in [-0.4, -0.2) is 15.5 Å². The number of halogens is 2. The Morgan fingerprint density at radius 1 is 1.11 bits per heavy atom. The average molecular weight is 402 g/mol. The van der Waals surface area contributed by atoms with Gasteiger partial charge in [-0.05, 0) is 37.6 Å². The fourth-order valence-corrected chi connectivity index (χ4v) is 3.19. The third-order valence-electron chi connectivity index (χ3n) is 4.01. The molecule has 0 aliphatic rings. The van der Waals surface area contributed by atoms with E-state index >= 15 is 0 Å². The summed E-state index contributed by atoms with van der Waals surface area (Å²) >= 11 is 12.2. The lowest BCUT2D eigenvalue weighted by atomic mass is 10.2. The molecule has 27 heavy (non-hydrogen) atoms. The van der Waals surface area contributed by atoms with E-state index < -0.39 is 0 Å². The number of carbonyl (C=O) groups is 1. The molecule has 0 bridgehead atoms. The van der Waals surface area contributed by atoms with Crippen LogP contribution in [0.4, 0.5) is 5.69 Å². The van der Waals surface area contributed by atoms with E-state index in [9.17, 15) is 9.59 Å². The van der Waals surface area contributed by atoms with Crippen LogP contribution in [0.2, 0.25) is 10.0 Å². The maximum Gasteiger partial charge on any atom is 0.254 e. The number of rotatable bonds is 4. The van der Waals surface area contributed by atoms with E-state index in [0.717, 1.165) is 5.56 Å². The van der Waals surface area contributed by atoms with Gasteiger partial charge in [0.05, 0.1) is 10.7 Å². The first-order valence-electron chi connectivity index (χ1n) is 8.24. The van der Waals surface area contributed by atoms with Gasteiger partial charge < -0.3 is 5.32 Å². The molecule has 5 nitrogen and oxygen atoms in total. The molecule has 2 aromatic carbocycles. The molecule has 0 saturated heterocycles. The number of anilines is 1. The first-order chi connectivity index (χ1) is 12.8. The fraction of sp³-hybridized carbons (Fsp3) is 0.150. The third kappa shape index (κ3) is 4.38. The predicted molar refractivity (Wildman–Crippen MR) is 108 cm³/mol. The van der Waals surface area contributed by atoms with Crippen LogP contribution in [0.1, 0.15) is 11.3 Å². The van der Waals surface area contributed by atoms with Crippen molar-refractivity contribution in [2.24, 2.45) is 0 Å². The van der Waals surface area contributed by atoms with Crippen LogP contribution in [0.25, 0.3) is 11.4 Å². The number of para-hydroxylation sites is 1. The van der Waals surface area contributed by atoms with E-state index in [4.69, 9.17) is 23.2 Å². The van der Waals surface area contributed by atoms with Gasteiger partial charge in [-0.25, -0.2) is 4.98 Å². The summed E-state index contributed by atoms with van der Waals surface area (Å²) in [6, 6.07) is 13.7. The molecule has 1 N–H and O–H groups in total. The molecule has 0 fully saturated rings. The number of amides is 1. The highest BCUT2D eigenvalue weighted by Crippen LogP contribution is 2.25. The number of aromatic nitrogens is 2. The van der Waals surface area contributed by atoms with Crippen molar-refractivity contribution in [3.05, 3.63) is 80.2 Å². The van der Waals surface area contributed by atoms with Crippen molar-refractivity contribution in [2.45, 2.75) is 20.4 Å². The summed E-state index contributed by atoms with van der Waals surface area (Å²) < 4.78 is 1.32. The monoisotopic (exact) mass is 401 g/mol. The Kier molecular flexibility index (Phi) is 5.63. The normalized spacial score (nSPS) is 10.7. The number of hydrogen-bond donors (Lipinski definition) is 1. The first-order valence-corrected chi connectivity index (χ1v) is 9.00. The van der Waals surface area contributed by atoms with Gasteiger partial charge >= 0.3 is 0 Å². The molecule has 0 saturated carbocycles. The second-order valence-electron chi connectivity index (χ2n) is 6.14. The van der Waals surface area contributed by atoms with Gasteiger partial charge in [0, 0.05) is 22.3 Å². The lowest BCUT2D eigenvalue weighted by molar-refractivity contribution is -0.116. The average Bonchev–Trinajstić information content (AvgIpc) is 2.60. The smallest absolute Gasteiger partial charge is 0.254 e. The molecule has 0 aliphatic heterocycles. The predicted octanol–water partition coefficient (Wildman–Crippen LogP) is 4.47. The highest BCUT2D eigenvalue weighted by atomic mass is 35.5. The molecule has 0 aliphatic carbocycles. The Morgan fingerprint density at radius 2 is 1.85 bits per heavy atom. The van der Waals surface area contributed by atoms with E-state index in [0.29, 0.717) is 32.8 Å². The van der Waals surface area contributed by atoms with Gasteiger partial charge in [-0.3, -0.25) is 14.2 Å². The standard InChI is InChI=1S/C20H17Cl2N3O2/c1-12-5-3-8-16(22)19(12)24-17(26)11-25-18(27)9-13(2)23-20(25)14-6-4-7-15(21)10-14/h3-10H,11H2,1-2H3,(H,24,26). The molecule has 138 valence electrons. The number of carbonyl (C=O) groups excluding carboxylic acids is 1. The first kappa shape index (κ1) is 19.1. The maximum absolute atomic E-state index is 12.6. The van der Waals surface area contributed by atoms with Crippen molar-refractivity contribution in [1.29, 1.82) is 0 Å². The Morgan fingerprint density at radius 3 is 2.56 bits per heavy atom. The summed E-state index contributed by atoms with van der Waals surface area (Å²) in [6.45, 7) is 3.38. The third-order valence-corrected chi connectivity index (χ3v) is 4.56. The molecule has 0 atom stereocenters. The molecule has 1 amide bonds. The maximum atomic E-state index is 12.6. The van der Waals surface area contributed by atoms with Gasteiger partial charge in [0.15, 0.2) is 0 Å². The lowest BCUT2D eigenvalue weighted by Crippen LogP contribution is -2.29. The minimum absolute atomic E-state index is 0.196. The van der Waals surface area contributed by atoms with Crippen molar-refractivity contribution >= 4 is 34.8 Å². The van der Waals surface area contributed by atoms with Crippen LogP contribution < -0.4 is 10.9 Å². The number of nitrogens with one attached hydrogen (secondary N) is 1. The number of aryl methyl sites for hydroxylation is 2. The minimum Gasteiger partial charge on any atom is -0.323 e. The zero-order valence-electron chi connectivity index (χ0n) is 14.8. The van der Waals surface area contributed by atoms with Gasteiger partial charge in [-0.1, -0.05) is 47.5 Å². The van der Waals surface area contributed by atoms with Crippen LogP contribution in [0.3, 0.4) is 0 Å². The lowest BCUT2D eigenvalue weighted by Gasteiger charge is -2.14. The van der Waals surface area contributed by atoms with Crippen molar-refractivity contribution in [3.8, 4) is 11.4 Å². The Bertz CT molecular complexity index is 1060. The quantitative estimate of drug-likeness (QED) is 0.700. The van der Waals surface area contributed by atoms with Crippen molar-refractivity contribution in [1.82, 2.24) is 9.55 Å². The molecule has 3 rings (SSSR count). The fourth-order valence-electron chi connectivity index (χ4n) is 2.73. The van der Waals surface area contributed by atoms with Crippen LogP contribution in [0.15, 0.2) is 53.3 Å². The topological polar surface area (TPSA) is 64.0 Å². The highest BCUT2D eigenvalue weighted by molar-refractivity contribution is 6.34. The Labute approximate surface area is 166 Å². The molecule has 7 heteroatoms. The largest absolute Gasteiger partial charge is 0.323 e. The van der Waals surface area contributed by atoms with E-state index in [-0.39, 0.29) is 18.0 Å². The molecule has 3 aromatic rings. The molecule has 0 radical (unpaired) electrons. The van der Waals surface area contributed by atoms with E-state index in [1.807, 2.05) is 13.0 Å². The summed E-state index contributed by atoms with van der Waals surface area (Å²) in [5.41, 5.74) is 2.27. The van der Waals surface area contributed by atoms with Gasteiger partial charge in [0.1, 0.15) is 12.4 Å². The van der Waals surface area contributed by atoms with Crippen LogP contribution >= 0.6 is 23.2 Å². The summed E-state index contributed by atoms with van der Waals surface area (Å²) in [4.78, 5) is 29.6. The summed E-state index contributed by atoms with van der Waals surface area (Å²) in [7, 11) is 0. The second kappa shape index (κ2) is 7.94. The molecule has 1 heterocycles. The second-order valence-corrected chi connectivity index (χ2v) is 6.98. The van der Waals surface area contributed by atoms with E-state index in [1.54, 1.807) is 43.3 Å². The highest BCUT2D eigenvalue weighted by Gasteiger charge is 2.15. The van der Waals surface area contributed by atoms with Crippen molar-refractivity contribution < 1.29 is 4.79 Å². The number of nitrogens with zero attached hydrogens (tertiary/aromatic N) is 2. The SMILES string of the molecule is Cc1cc(=O)n(CC(=O)Nc2c(C)cccc2Cl)c(-c2cccc(Cl)c2)n1. The van der Waals surface area contributed by atoms with Gasteiger partial charge in [-0.15, -0.1) is 0 Å². The van der Waals surface area contributed by atoms with E-state index in [1.165, 1.54) is 10.6 Å². The van der Waals surface area contributed by atoms with Crippen molar-refractivity contribution in [2.75, 3.05) is 5.32 Å². The number of benzene rings is 2. The van der Waals surface area contributed by atoms with Gasteiger partial charge in [-0.2, -0.15) is 0 Å². The van der Waals surface area contributed by atoms with Gasteiger partial charge in [0.2, 0.25) is 5.91 Å². The van der Waals surface area contributed by atoms with E-state index in [2.05, 4.69) is 10.3 Å². The number of hydrogen-bond acceptors (Lipinski definition) is 3. The Balaban J connectivity index is 1.97. The molecule has 0 unspecified atom stereocenters. The van der Waals surface area contributed by atoms with Crippen molar-refractivity contribution in [3.63, 3.8) is 0 Å². The zero-order chi connectivity index (χ0) is 19.6.